The molecule has 0 aliphatic heterocycles. The van der Waals surface area contributed by atoms with E-state index in [1.54, 1.807) is 60.4 Å². The minimum Gasteiger partial charge on any atom is -0.493 e. The fraction of sp³-hybridized carbons (Fsp3) is 0.0870. The van der Waals surface area contributed by atoms with Gasteiger partial charge in [-0.2, -0.15) is 10.4 Å². The summed E-state index contributed by atoms with van der Waals surface area (Å²) in [7, 11) is 3.30. The second-order valence-electron chi connectivity index (χ2n) is 6.65. The predicted octanol–water partition coefficient (Wildman–Crippen LogP) is 4.14. The highest BCUT2D eigenvalue weighted by atomic mass is 16.5. The largest absolute Gasteiger partial charge is 0.493 e. The molecule has 0 saturated heterocycles. The summed E-state index contributed by atoms with van der Waals surface area (Å²) in [6.07, 6.45) is 5.26. The Labute approximate surface area is 178 Å². The van der Waals surface area contributed by atoms with Crippen LogP contribution in [0, 0.1) is 11.3 Å². The summed E-state index contributed by atoms with van der Waals surface area (Å²) in [5.41, 5.74) is 1.56. The van der Waals surface area contributed by atoms with Crippen molar-refractivity contribution < 1.29 is 14.3 Å². The summed E-state index contributed by atoms with van der Waals surface area (Å²) in [6, 6.07) is 17.7. The summed E-state index contributed by atoms with van der Waals surface area (Å²) in [4.78, 5) is 12.8. The third-order valence-electron chi connectivity index (χ3n) is 4.63. The molecular weight excluding hydrogens is 394 g/mol. The molecule has 0 spiro atoms. The summed E-state index contributed by atoms with van der Waals surface area (Å²) in [6.45, 7) is 0. The lowest BCUT2D eigenvalue weighted by molar-refractivity contribution is 0.102. The Hall–Kier alpha value is -4.51. The standard InChI is InChI=1S/C23H19N5O3/c1-27-23(28-11-3-4-12-28)19(15-25-27)22(29)26-17-6-8-18(9-7-17)31-20-10-5-16(14-24)13-21(20)30-2/h3-13,15H,1-2H3,(H,26,29). The van der Waals surface area contributed by atoms with Crippen LogP contribution in [0.3, 0.4) is 0 Å². The average Bonchev–Trinajstić information content (AvgIpc) is 3.44. The Balaban J connectivity index is 1.49. The van der Waals surface area contributed by atoms with Crippen LogP contribution in [-0.4, -0.2) is 27.4 Å². The molecule has 1 amide bonds. The van der Waals surface area contributed by atoms with E-state index in [-0.39, 0.29) is 5.91 Å². The van der Waals surface area contributed by atoms with E-state index in [9.17, 15) is 4.79 Å². The fourth-order valence-electron chi connectivity index (χ4n) is 3.13. The molecule has 0 radical (unpaired) electrons. The van der Waals surface area contributed by atoms with Crippen LogP contribution in [0.25, 0.3) is 5.82 Å². The zero-order chi connectivity index (χ0) is 21.8. The first kappa shape index (κ1) is 19.8. The third kappa shape index (κ3) is 4.11. The van der Waals surface area contributed by atoms with E-state index in [4.69, 9.17) is 14.7 Å². The number of aryl methyl sites for hydroxylation is 1. The predicted molar refractivity (Wildman–Crippen MR) is 115 cm³/mol. The van der Waals surface area contributed by atoms with E-state index in [1.165, 1.54) is 7.11 Å². The molecule has 2 aromatic carbocycles. The van der Waals surface area contributed by atoms with Gasteiger partial charge in [-0.1, -0.05) is 0 Å². The molecule has 154 valence electrons. The molecule has 2 aromatic heterocycles. The van der Waals surface area contributed by atoms with E-state index in [0.29, 0.717) is 39.9 Å². The first-order valence-electron chi connectivity index (χ1n) is 9.42. The third-order valence-corrected chi connectivity index (χ3v) is 4.63. The molecule has 4 rings (SSSR count). The monoisotopic (exact) mass is 413 g/mol. The van der Waals surface area contributed by atoms with Crippen molar-refractivity contribution in [3.05, 3.63) is 84.3 Å². The molecule has 0 aliphatic carbocycles. The van der Waals surface area contributed by atoms with Crippen LogP contribution in [0.1, 0.15) is 15.9 Å². The number of rotatable bonds is 6. The van der Waals surface area contributed by atoms with Gasteiger partial charge in [-0.3, -0.25) is 9.48 Å². The molecule has 0 atom stereocenters. The van der Waals surface area contributed by atoms with Crippen molar-refractivity contribution in [2.24, 2.45) is 7.05 Å². The number of nitrogens with one attached hydrogen (secondary N) is 1. The fourth-order valence-corrected chi connectivity index (χ4v) is 3.13. The van der Waals surface area contributed by atoms with Gasteiger partial charge in [0.2, 0.25) is 0 Å². The Morgan fingerprint density at radius 2 is 1.84 bits per heavy atom. The molecule has 31 heavy (non-hydrogen) atoms. The van der Waals surface area contributed by atoms with E-state index >= 15 is 0 Å². The number of nitrogens with zero attached hydrogens (tertiary/aromatic N) is 4. The minimum absolute atomic E-state index is 0.265. The van der Waals surface area contributed by atoms with E-state index in [2.05, 4.69) is 16.5 Å². The molecule has 2 heterocycles. The number of nitriles is 1. The number of methoxy groups -OCH3 is 1. The maximum absolute atomic E-state index is 12.8. The molecule has 0 fully saturated rings. The number of amides is 1. The smallest absolute Gasteiger partial charge is 0.261 e. The number of anilines is 1. The highest BCUT2D eigenvalue weighted by molar-refractivity contribution is 6.06. The number of aromatic nitrogens is 3. The van der Waals surface area contributed by atoms with Crippen molar-refractivity contribution in [1.29, 1.82) is 5.26 Å². The van der Waals surface area contributed by atoms with Gasteiger partial charge < -0.3 is 19.4 Å². The quantitative estimate of drug-likeness (QED) is 0.513. The SMILES string of the molecule is COc1cc(C#N)ccc1Oc1ccc(NC(=O)c2cnn(C)c2-n2cccc2)cc1. The Morgan fingerprint density at radius 1 is 1.10 bits per heavy atom. The van der Waals surface area contributed by atoms with Crippen LogP contribution in [0.5, 0.6) is 17.2 Å². The van der Waals surface area contributed by atoms with Crippen LogP contribution in [0.2, 0.25) is 0 Å². The zero-order valence-electron chi connectivity index (χ0n) is 16.9. The highest BCUT2D eigenvalue weighted by Crippen LogP contribution is 2.32. The average molecular weight is 413 g/mol. The molecule has 8 heteroatoms. The highest BCUT2D eigenvalue weighted by Gasteiger charge is 2.17. The van der Waals surface area contributed by atoms with Gasteiger partial charge in [0.25, 0.3) is 5.91 Å². The summed E-state index contributed by atoms with van der Waals surface area (Å²) < 4.78 is 14.6. The zero-order valence-corrected chi connectivity index (χ0v) is 16.9. The minimum atomic E-state index is -0.265. The lowest BCUT2D eigenvalue weighted by Crippen LogP contribution is -2.14. The number of hydrogen-bond donors (Lipinski definition) is 1. The molecular formula is C23H19N5O3. The topological polar surface area (TPSA) is 94.1 Å². The normalized spacial score (nSPS) is 10.4. The maximum Gasteiger partial charge on any atom is 0.261 e. The molecule has 0 bridgehead atoms. The Morgan fingerprint density at radius 3 is 2.52 bits per heavy atom. The molecule has 0 unspecified atom stereocenters. The van der Waals surface area contributed by atoms with Crippen molar-refractivity contribution >= 4 is 11.6 Å². The van der Waals surface area contributed by atoms with Crippen molar-refractivity contribution in [3.8, 4) is 29.1 Å². The summed E-state index contributed by atoms with van der Waals surface area (Å²) >= 11 is 0. The van der Waals surface area contributed by atoms with Gasteiger partial charge in [0.05, 0.1) is 24.9 Å². The maximum atomic E-state index is 12.8. The van der Waals surface area contributed by atoms with Gasteiger partial charge in [-0.05, 0) is 48.5 Å². The molecule has 8 nitrogen and oxygen atoms in total. The van der Waals surface area contributed by atoms with E-state index in [0.717, 1.165) is 0 Å². The van der Waals surface area contributed by atoms with Crippen LogP contribution in [-0.2, 0) is 7.05 Å². The lowest BCUT2D eigenvalue weighted by atomic mass is 10.2. The van der Waals surface area contributed by atoms with E-state index < -0.39 is 0 Å². The van der Waals surface area contributed by atoms with Gasteiger partial charge in [0.1, 0.15) is 17.1 Å². The number of ether oxygens (including phenoxy) is 2. The van der Waals surface area contributed by atoms with Gasteiger partial charge in [-0.25, -0.2) is 0 Å². The first-order chi connectivity index (χ1) is 15.1. The van der Waals surface area contributed by atoms with Gasteiger partial charge in [-0.15, -0.1) is 0 Å². The van der Waals surface area contributed by atoms with Crippen molar-refractivity contribution in [2.45, 2.75) is 0 Å². The van der Waals surface area contributed by atoms with Crippen molar-refractivity contribution in [2.75, 3.05) is 12.4 Å². The van der Waals surface area contributed by atoms with Gasteiger partial charge in [0.15, 0.2) is 11.5 Å². The van der Waals surface area contributed by atoms with Gasteiger partial charge >= 0.3 is 0 Å². The first-order valence-corrected chi connectivity index (χ1v) is 9.42. The van der Waals surface area contributed by atoms with Crippen LogP contribution in [0.15, 0.2) is 73.2 Å². The van der Waals surface area contributed by atoms with E-state index in [1.807, 2.05) is 29.1 Å². The van der Waals surface area contributed by atoms with Gasteiger partial charge in [0, 0.05) is 31.2 Å². The molecule has 0 saturated carbocycles. The second-order valence-corrected chi connectivity index (χ2v) is 6.65. The van der Waals surface area contributed by atoms with Crippen molar-refractivity contribution in [3.63, 3.8) is 0 Å². The van der Waals surface area contributed by atoms with Crippen molar-refractivity contribution in [1.82, 2.24) is 14.3 Å². The second kappa shape index (κ2) is 8.47. The number of hydrogen-bond acceptors (Lipinski definition) is 5. The number of carbonyl (C=O) groups is 1. The Bertz CT molecular complexity index is 1250. The number of carbonyl (C=O) groups excluding carboxylic acids is 1. The molecule has 1 N–H and O–H groups in total. The Kier molecular flexibility index (Phi) is 5.41. The molecule has 4 aromatic rings. The summed E-state index contributed by atoms with van der Waals surface area (Å²) in [5, 5.41) is 16.1. The number of benzene rings is 2. The molecule has 0 aliphatic rings. The van der Waals surface area contributed by atoms with Crippen LogP contribution < -0.4 is 14.8 Å². The summed E-state index contributed by atoms with van der Waals surface area (Å²) in [5.74, 6) is 1.93. The van der Waals surface area contributed by atoms with Crippen LogP contribution >= 0.6 is 0 Å². The van der Waals surface area contributed by atoms with Crippen LogP contribution in [0.4, 0.5) is 5.69 Å². The lowest BCUT2D eigenvalue weighted by Gasteiger charge is -2.11.